The second-order valence-electron chi connectivity index (χ2n) is 3.18. The van der Waals surface area contributed by atoms with Gasteiger partial charge in [0.2, 0.25) is 0 Å². The fourth-order valence-corrected chi connectivity index (χ4v) is 1.55. The molecule has 2 rings (SSSR count). The van der Waals surface area contributed by atoms with E-state index in [0.29, 0.717) is 6.54 Å². The van der Waals surface area contributed by atoms with E-state index in [2.05, 4.69) is 10.3 Å². The Morgan fingerprint density at radius 3 is 3.31 bits per heavy atom. The molecule has 1 aliphatic heterocycles. The van der Waals surface area contributed by atoms with Crippen molar-refractivity contribution in [2.75, 3.05) is 6.54 Å². The van der Waals surface area contributed by atoms with Crippen molar-refractivity contribution < 1.29 is 0 Å². The van der Waals surface area contributed by atoms with Crippen LogP contribution in [0.1, 0.15) is 18.4 Å². The van der Waals surface area contributed by atoms with Gasteiger partial charge in [0, 0.05) is 24.8 Å². The zero-order valence-electron chi connectivity index (χ0n) is 7.71. The lowest BCUT2D eigenvalue weighted by Crippen LogP contribution is -2.37. The third kappa shape index (κ3) is 1.49. The van der Waals surface area contributed by atoms with E-state index in [1.54, 1.807) is 10.6 Å². The van der Waals surface area contributed by atoms with Crippen LogP contribution in [0, 0.1) is 0 Å². The van der Waals surface area contributed by atoms with E-state index in [9.17, 15) is 4.79 Å². The van der Waals surface area contributed by atoms with E-state index in [0.717, 1.165) is 31.0 Å². The molecule has 13 heavy (non-hydrogen) atoms. The Bertz CT molecular complexity index is 370. The average molecular weight is 179 g/mol. The molecule has 0 radical (unpaired) electrons. The van der Waals surface area contributed by atoms with E-state index < -0.39 is 0 Å². The zero-order chi connectivity index (χ0) is 9.26. The molecule has 1 aliphatic rings. The Hall–Kier alpha value is -1.16. The lowest BCUT2D eigenvalue weighted by atomic mass is 10.3. The molecule has 0 fully saturated rings. The molecule has 0 aliphatic carbocycles. The number of aryl methyl sites for hydroxylation is 1. The Balaban J connectivity index is 2.53. The van der Waals surface area contributed by atoms with Crippen molar-refractivity contribution in [2.45, 2.75) is 26.4 Å². The molecule has 0 unspecified atom stereocenters. The second-order valence-corrected chi connectivity index (χ2v) is 3.18. The zero-order valence-corrected chi connectivity index (χ0v) is 7.71. The predicted octanol–water partition coefficient (Wildman–Crippen LogP) is -0.0911. The van der Waals surface area contributed by atoms with Crippen LogP contribution < -0.4 is 10.9 Å². The van der Waals surface area contributed by atoms with E-state index in [-0.39, 0.29) is 5.56 Å². The van der Waals surface area contributed by atoms with Gasteiger partial charge >= 0.3 is 0 Å². The van der Waals surface area contributed by atoms with Gasteiger partial charge in [-0.2, -0.15) is 0 Å². The largest absolute Gasteiger partial charge is 0.308 e. The van der Waals surface area contributed by atoms with Gasteiger partial charge in [-0.3, -0.25) is 9.36 Å². The molecular weight excluding hydrogens is 166 g/mol. The third-order valence-electron chi connectivity index (χ3n) is 2.30. The Labute approximate surface area is 76.6 Å². The molecular formula is C9H13N3O. The average Bonchev–Trinajstić information content (AvgIpc) is 2.18. The fourth-order valence-electron chi connectivity index (χ4n) is 1.55. The maximum atomic E-state index is 11.5. The highest BCUT2D eigenvalue weighted by Crippen LogP contribution is 2.00. The first-order valence-electron chi connectivity index (χ1n) is 4.61. The summed E-state index contributed by atoms with van der Waals surface area (Å²) in [5.41, 5.74) is 0.975. The smallest absolute Gasteiger partial charge is 0.253 e. The fraction of sp³-hybridized carbons (Fsp3) is 0.556. The van der Waals surface area contributed by atoms with Crippen LogP contribution in [0.5, 0.6) is 0 Å². The van der Waals surface area contributed by atoms with Crippen LogP contribution in [0.4, 0.5) is 0 Å². The van der Waals surface area contributed by atoms with Crippen molar-refractivity contribution in [2.24, 2.45) is 0 Å². The van der Waals surface area contributed by atoms with E-state index in [1.807, 2.05) is 6.92 Å². The number of nitrogens with zero attached hydrogens (tertiary/aromatic N) is 2. The lowest BCUT2D eigenvalue weighted by molar-refractivity contribution is 0.478. The quantitative estimate of drug-likeness (QED) is 0.655. The first kappa shape index (κ1) is 8.44. The summed E-state index contributed by atoms with van der Waals surface area (Å²) >= 11 is 0. The first-order valence-corrected chi connectivity index (χ1v) is 4.61. The molecule has 0 atom stereocenters. The molecule has 4 nitrogen and oxygen atoms in total. The molecule has 1 N–H and O–H groups in total. The van der Waals surface area contributed by atoms with Crippen LogP contribution in [-0.4, -0.2) is 16.1 Å². The summed E-state index contributed by atoms with van der Waals surface area (Å²) in [6, 6.07) is 1.63. The van der Waals surface area contributed by atoms with E-state index in [1.165, 1.54) is 0 Å². The summed E-state index contributed by atoms with van der Waals surface area (Å²) in [6.45, 7) is 4.32. The number of fused-ring (bicyclic) bond motifs is 1. The molecule has 0 saturated carbocycles. The van der Waals surface area contributed by atoms with Gasteiger partial charge in [0.05, 0.1) is 6.54 Å². The number of nitrogens with one attached hydrogen (secondary N) is 1. The van der Waals surface area contributed by atoms with Gasteiger partial charge in [0.25, 0.3) is 5.56 Å². The normalized spacial score (nSPS) is 15.5. The van der Waals surface area contributed by atoms with E-state index >= 15 is 0 Å². The van der Waals surface area contributed by atoms with Gasteiger partial charge in [-0.05, 0) is 6.42 Å². The Kier molecular flexibility index (Phi) is 2.14. The van der Waals surface area contributed by atoms with Crippen LogP contribution >= 0.6 is 0 Å². The van der Waals surface area contributed by atoms with Crippen molar-refractivity contribution in [1.82, 2.24) is 14.9 Å². The molecule has 2 heterocycles. The molecule has 1 aromatic rings. The van der Waals surface area contributed by atoms with Crippen molar-refractivity contribution in [3.8, 4) is 0 Å². The SMILES string of the molecule is CCc1cc(=O)n2c(n1)CNCC2. The maximum Gasteiger partial charge on any atom is 0.253 e. The monoisotopic (exact) mass is 179 g/mol. The molecule has 70 valence electrons. The molecule has 0 spiro atoms. The Morgan fingerprint density at radius 2 is 2.54 bits per heavy atom. The van der Waals surface area contributed by atoms with Crippen molar-refractivity contribution in [3.63, 3.8) is 0 Å². The Morgan fingerprint density at radius 1 is 1.69 bits per heavy atom. The lowest BCUT2D eigenvalue weighted by Gasteiger charge is -2.18. The summed E-state index contributed by atoms with van der Waals surface area (Å²) in [5.74, 6) is 0.871. The molecule has 4 heteroatoms. The number of hydrogen-bond donors (Lipinski definition) is 1. The van der Waals surface area contributed by atoms with Crippen LogP contribution in [0.25, 0.3) is 0 Å². The highest BCUT2D eigenvalue weighted by atomic mass is 16.1. The molecule has 0 saturated heterocycles. The highest BCUT2D eigenvalue weighted by molar-refractivity contribution is 5.05. The number of rotatable bonds is 1. The second kappa shape index (κ2) is 3.30. The molecule has 0 amide bonds. The van der Waals surface area contributed by atoms with Gasteiger partial charge < -0.3 is 5.32 Å². The molecule has 1 aromatic heterocycles. The minimum atomic E-state index is 0.0864. The summed E-state index contributed by atoms with van der Waals surface area (Å²) < 4.78 is 1.75. The molecule has 0 aromatic carbocycles. The first-order chi connectivity index (χ1) is 6.31. The van der Waals surface area contributed by atoms with Crippen molar-refractivity contribution in [3.05, 3.63) is 27.9 Å². The van der Waals surface area contributed by atoms with Crippen LogP contribution in [0.3, 0.4) is 0 Å². The van der Waals surface area contributed by atoms with Crippen molar-refractivity contribution in [1.29, 1.82) is 0 Å². The number of aromatic nitrogens is 2. The van der Waals surface area contributed by atoms with Crippen molar-refractivity contribution >= 4 is 0 Å². The van der Waals surface area contributed by atoms with Gasteiger partial charge in [0.15, 0.2) is 0 Å². The molecule has 0 bridgehead atoms. The van der Waals surface area contributed by atoms with Gasteiger partial charge in [-0.1, -0.05) is 6.92 Å². The minimum Gasteiger partial charge on any atom is -0.308 e. The van der Waals surface area contributed by atoms with Crippen LogP contribution in [-0.2, 0) is 19.5 Å². The predicted molar refractivity (Wildman–Crippen MR) is 49.6 cm³/mol. The third-order valence-corrected chi connectivity index (χ3v) is 2.30. The summed E-state index contributed by atoms with van der Waals surface area (Å²) in [4.78, 5) is 15.9. The maximum absolute atomic E-state index is 11.5. The number of hydrogen-bond acceptors (Lipinski definition) is 3. The van der Waals surface area contributed by atoms with Gasteiger partial charge in [-0.25, -0.2) is 4.98 Å². The standard InChI is InChI=1S/C9H13N3O/c1-2-7-5-9(13)12-4-3-10-6-8(12)11-7/h5,10H,2-4,6H2,1H3. The van der Waals surface area contributed by atoms with Crippen LogP contribution in [0.2, 0.25) is 0 Å². The van der Waals surface area contributed by atoms with Gasteiger partial charge in [-0.15, -0.1) is 0 Å². The summed E-state index contributed by atoms with van der Waals surface area (Å²) in [5, 5.41) is 3.20. The van der Waals surface area contributed by atoms with E-state index in [4.69, 9.17) is 0 Å². The van der Waals surface area contributed by atoms with Gasteiger partial charge in [0.1, 0.15) is 5.82 Å². The summed E-state index contributed by atoms with van der Waals surface area (Å²) in [6.07, 6.45) is 0.822. The summed E-state index contributed by atoms with van der Waals surface area (Å²) in [7, 11) is 0. The topological polar surface area (TPSA) is 46.9 Å². The van der Waals surface area contributed by atoms with Crippen LogP contribution in [0.15, 0.2) is 10.9 Å². The minimum absolute atomic E-state index is 0.0864. The highest BCUT2D eigenvalue weighted by Gasteiger charge is 2.11.